The fourth-order valence-electron chi connectivity index (χ4n) is 2.09. The van der Waals surface area contributed by atoms with Gasteiger partial charge in [0.2, 0.25) is 0 Å². The molecule has 0 bridgehead atoms. The Kier molecular flexibility index (Phi) is 3.73. The Morgan fingerprint density at radius 1 is 1.26 bits per heavy atom. The van der Waals surface area contributed by atoms with Gasteiger partial charge >= 0.3 is 0 Å². The molecule has 4 heteroatoms. The molecule has 19 heavy (non-hydrogen) atoms. The fourth-order valence-corrected chi connectivity index (χ4v) is 3.27. The molecule has 2 aromatic heterocycles. The maximum atomic E-state index is 10.2. The van der Waals surface area contributed by atoms with Crippen LogP contribution in [0.3, 0.4) is 0 Å². The van der Waals surface area contributed by atoms with Crippen molar-refractivity contribution in [2.75, 3.05) is 0 Å². The number of aryl methyl sites for hydroxylation is 1. The van der Waals surface area contributed by atoms with E-state index in [2.05, 4.69) is 27.4 Å². The summed E-state index contributed by atoms with van der Waals surface area (Å²) < 4.78 is 6.66. The molecule has 0 aliphatic carbocycles. The number of aliphatic hydroxyl groups is 1. The average molecular weight is 337 g/mol. The molecule has 1 aromatic carbocycles. The lowest BCUT2D eigenvalue weighted by Crippen LogP contribution is -1.96. The van der Waals surface area contributed by atoms with Crippen LogP contribution in [0.2, 0.25) is 0 Å². The summed E-state index contributed by atoms with van der Waals surface area (Å²) in [6, 6.07) is 11.9. The second kappa shape index (κ2) is 5.49. The molecule has 1 atom stereocenters. The van der Waals surface area contributed by atoms with Gasteiger partial charge in [0.1, 0.15) is 17.4 Å². The van der Waals surface area contributed by atoms with E-state index in [4.69, 9.17) is 4.42 Å². The Hall–Kier alpha value is -1.10. The third-order valence-electron chi connectivity index (χ3n) is 3.09. The van der Waals surface area contributed by atoms with Gasteiger partial charge in [0, 0.05) is 10.3 Å². The maximum Gasteiger partial charge on any atom is 0.148 e. The molecule has 0 aliphatic heterocycles. The first-order valence-electron chi connectivity index (χ1n) is 6.12. The van der Waals surface area contributed by atoms with Crippen LogP contribution in [0.15, 0.2) is 50.7 Å². The Balaban J connectivity index is 1.77. The molecule has 0 amide bonds. The number of fused-ring (bicyclic) bond motifs is 1. The Morgan fingerprint density at radius 2 is 2.16 bits per heavy atom. The lowest BCUT2D eigenvalue weighted by atomic mass is 10.1. The predicted molar refractivity (Wildman–Crippen MR) is 81.5 cm³/mol. The van der Waals surface area contributed by atoms with Gasteiger partial charge in [-0.3, -0.25) is 0 Å². The number of thiophene rings is 1. The third kappa shape index (κ3) is 2.76. The first-order chi connectivity index (χ1) is 9.24. The molecule has 1 N–H and O–H groups in total. The molecule has 2 heterocycles. The van der Waals surface area contributed by atoms with E-state index in [0.29, 0.717) is 12.2 Å². The summed E-state index contributed by atoms with van der Waals surface area (Å²) >= 11 is 5.17. The van der Waals surface area contributed by atoms with Crippen LogP contribution in [-0.2, 0) is 6.42 Å². The summed E-state index contributed by atoms with van der Waals surface area (Å²) in [4.78, 5) is 1.29. The summed E-state index contributed by atoms with van der Waals surface area (Å²) in [5.74, 6) is 0.637. The summed E-state index contributed by atoms with van der Waals surface area (Å²) in [7, 11) is 0. The molecule has 2 nitrogen and oxygen atoms in total. The lowest BCUT2D eigenvalue weighted by molar-refractivity contribution is 0.143. The van der Waals surface area contributed by atoms with Crippen molar-refractivity contribution in [2.24, 2.45) is 0 Å². The average Bonchev–Trinajstić information content (AvgIpc) is 3.05. The van der Waals surface area contributed by atoms with Crippen LogP contribution in [0.4, 0.5) is 0 Å². The first-order valence-corrected chi connectivity index (χ1v) is 7.80. The van der Waals surface area contributed by atoms with E-state index in [1.165, 1.54) is 4.88 Å². The van der Waals surface area contributed by atoms with Crippen molar-refractivity contribution >= 4 is 38.2 Å². The third-order valence-corrected chi connectivity index (χ3v) is 4.65. The molecule has 0 fully saturated rings. The van der Waals surface area contributed by atoms with Crippen molar-refractivity contribution in [3.05, 3.63) is 56.9 Å². The van der Waals surface area contributed by atoms with Gasteiger partial charge in [0.15, 0.2) is 0 Å². The van der Waals surface area contributed by atoms with Crippen LogP contribution in [0, 0.1) is 0 Å². The number of hydrogen-bond acceptors (Lipinski definition) is 3. The zero-order chi connectivity index (χ0) is 13.2. The Bertz CT molecular complexity index is 673. The van der Waals surface area contributed by atoms with Gasteiger partial charge in [-0.2, -0.15) is 0 Å². The molecule has 3 rings (SSSR count). The normalized spacial score (nSPS) is 12.9. The predicted octanol–water partition coefficient (Wildman–Crippen LogP) is 4.92. The number of furan rings is 1. The van der Waals surface area contributed by atoms with E-state index in [0.717, 1.165) is 21.9 Å². The SMILES string of the molecule is OC(CCc1cccs1)c1cc2cccc(Br)c2o1. The van der Waals surface area contributed by atoms with Gasteiger partial charge in [0.05, 0.1) is 4.47 Å². The Morgan fingerprint density at radius 3 is 2.89 bits per heavy atom. The summed E-state index contributed by atoms with van der Waals surface area (Å²) in [5, 5.41) is 13.3. The van der Waals surface area contributed by atoms with Gasteiger partial charge in [-0.25, -0.2) is 0 Å². The van der Waals surface area contributed by atoms with E-state index >= 15 is 0 Å². The number of hydrogen-bond donors (Lipinski definition) is 1. The van der Waals surface area contributed by atoms with Crippen LogP contribution < -0.4 is 0 Å². The zero-order valence-electron chi connectivity index (χ0n) is 10.2. The van der Waals surface area contributed by atoms with Gasteiger partial charge in [-0.05, 0) is 52.4 Å². The van der Waals surface area contributed by atoms with Gasteiger partial charge in [-0.1, -0.05) is 18.2 Å². The first kappa shape index (κ1) is 12.9. The molecule has 0 saturated carbocycles. The smallest absolute Gasteiger partial charge is 0.148 e. The van der Waals surface area contributed by atoms with Crippen molar-refractivity contribution in [1.29, 1.82) is 0 Å². The highest BCUT2D eigenvalue weighted by molar-refractivity contribution is 9.10. The van der Waals surface area contributed by atoms with Crippen LogP contribution in [0.5, 0.6) is 0 Å². The van der Waals surface area contributed by atoms with Crippen LogP contribution >= 0.6 is 27.3 Å². The van der Waals surface area contributed by atoms with Crippen molar-refractivity contribution < 1.29 is 9.52 Å². The quantitative estimate of drug-likeness (QED) is 0.733. The molecule has 0 saturated heterocycles. The lowest BCUT2D eigenvalue weighted by Gasteiger charge is -2.05. The van der Waals surface area contributed by atoms with E-state index in [-0.39, 0.29) is 0 Å². The summed E-state index contributed by atoms with van der Waals surface area (Å²) in [5.41, 5.74) is 0.799. The molecular formula is C15H13BrO2S. The minimum absolute atomic E-state index is 0.554. The second-order valence-corrected chi connectivity index (χ2v) is 6.33. The molecule has 0 radical (unpaired) electrons. The Labute approximate surface area is 123 Å². The summed E-state index contributed by atoms with van der Waals surface area (Å²) in [6.45, 7) is 0. The highest BCUT2D eigenvalue weighted by Gasteiger charge is 2.14. The van der Waals surface area contributed by atoms with E-state index in [9.17, 15) is 5.11 Å². The minimum Gasteiger partial charge on any atom is -0.457 e. The molecule has 3 aromatic rings. The van der Waals surface area contributed by atoms with E-state index in [1.807, 2.05) is 30.3 Å². The second-order valence-electron chi connectivity index (χ2n) is 4.44. The monoisotopic (exact) mass is 336 g/mol. The van der Waals surface area contributed by atoms with E-state index < -0.39 is 6.10 Å². The highest BCUT2D eigenvalue weighted by Crippen LogP contribution is 2.31. The van der Waals surface area contributed by atoms with Gasteiger partial charge in [0.25, 0.3) is 0 Å². The van der Waals surface area contributed by atoms with E-state index in [1.54, 1.807) is 11.3 Å². The van der Waals surface area contributed by atoms with Crippen molar-refractivity contribution in [3.63, 3.8) is 0 Å². The molecule has 0 aliphatic rings. The number of benzene rings is 1. The minimum atomic E-state index is -0.554. The largest absolute Gasteiger partial charge is 0.457 e. The van der Waals surface area contributed by atoms with Gasteiger partial charge < -0.3 is 9.52 Å². The standard InChI is InChI=1S/C15H13BrO2S/c16-12-5-1-3-10-9-14(18-15(10)12)13(17)7-6-11-4-2-8-19-11/h1-5,8-9,13,17H,6-7H2. The molecule has 98 valence electrons. The van der Waals surface area contributed by atoms with Crippen molar-refractivity contribution in [2.45, 2.75) is 18.9 Å². The van der Waals surface area contributed by atoms with Crippen molar-refractivity contribution in [1.82, 2.24) is 0 Å². The van der Waals surface area contributed by atoms with Crippen LogP contribution in [0.1, 0.15) is 23.2 Å². The molecule has 1 unspecified atom stereocenters. The number of para-hydroxylation sites is 1. The zero-order valence-corrected chi connectivity index (χ0v) is 12.6. The highest BCUT2D eigenvalue weighted by atomic mass is 79.9. The summed E-state index contributed by atoms with van der Waals surface area (Å²) in [6.07, 6.45) is 0.996. The maximum absolute atomic E-state index is 10.2. The van der Waals surface area contributed by atoms with Crippen LogP contribution in [-0.4, -0.2) is 5.11 Å². The molecular weight excluding hydrogens is 324 g/mol. The fraction of sp³-hybridized carbons (Fsp3) is 0.200. The number of rotatable bonds is 4. The van der Waals surface area contributed by atoms with Crippen molar-refractivity contribution in [3.8, 4) is 0 Å². The van der Waals surface area contributed by atoms with Gasteiger partial charge in [-0.15, -0.1) is 11.3 Å². The number of aliphatic hydroxyl groups excluding tert-OH is 1. The molecule has 0 spiro atoms. The topological polar surface area (TPSA) is 33.4 Å². The van der Waals surface area contributed by atoms with Crippen LogP contribution in [0.25, 0.3) is 11.0 Å². The number of halogens is 1.